The molecule has 0 aromatic carbocycles. The fourth-order valence-corrected chi connectivity index (χ4v) is 1.90. The van der Waals surface area contributed by atoms with Gasteiger partial charge in [-0.15, -0.1) is 0 Å². The van der Waals surface area contributed by atoms with Crippen molar-refractivity contribution >= 4 is 12.0 Å². The summed E-state index contributed by atoms with van der Waals surface area (Å²) >= 11 is 0. The predicted molar refractivity (Wildman–Crippen MR) is 78.9 cm³/mol. The topological polar surface area (TPSA) is 107 Å². The molecule has 0 fully saturated rings. The lowest BCUT2D eigenvalue weighted by molar-refractivity contribution is -0.139. The zero-order valence-electron chi connectivity index (χ0n) is 12.7. The molecule has 0 aliphatic heterocycles. The minimum Gasteiger partial charge on any atom is -0.480 e. The molecule has 118 valence electrons. The number of aliphatic carboxylic acids is 1. The zero-order chi connectivity index (χ0) is 15.8. The summed E-state index contributed by atoms with van der Waals surface area (Å²) in [5.41, 5.74) is 0.663. The molecular formula is C14H24N4O3. The average Bonchev–Trinajstić information content (AvgIpc) is 2.88. The van der Waals surface area contributed by atoms with Gasteiger partial charge in [0.15, 0.2) is 0 Å². The maximum absolute atomic E-state index is 11.8. The van der Waals surface area contributed by atoms with Crippen molar-refractivity contribution < 1.29 is 14.7 Å². The lowest BCUT2D eigenvalue weighted by Gasteiger charge is -2.18. The number of carboxylic acids is 1. The van der Waals surface area contributed by atoms with E-state index in [1.165, 1.54) is 6.33 Å². The van der Waals surface area contributed by atoms with E-state index in [9.17, 15) is 9.59 Å². The van der Waals surface area contributed by atoms with Crippen molar-refractivity contribution in [1.82, 2.24) is 20.6 Å². The Labute approximate surface area is 124 Å². The van der Waals surface area contributed by atoms with E-state index < -0.39 is 18.0 Å². The average molecular weight is 296 g/mol. The van der Waals surface area contributed by atoms with E-state index in [-0.39, 0.29) is 12.5 Å². The summed E-state index contributed by atoms with van der Waals surface area (Å²) in [6.45, 7) is 6.15. The first-order valence-electron chi connectivity index (χ1n) is 7.15. The summed E-state index contributed by atoms with van der Waals surface area (Å²) in [5.74, 6) is -0.501. The highest BCUT2D eigenvalue weighted by Crippen LogP contribution is 2.06. The van der Waals surface area contributed by atoms with Crippen LogP contribution in [0, 0.1) is 5.92 Å². The third kappa shape index (κ3) is 6.78. The van der Waals surface area contributed by atoms with Gasteiger partial charge in [0.2, 0.25) is 0 Å². The molecule has 1 aromatic rings. The molecule has 0 saturated carbocycles. The molecule has 0 radical (unpaired) electrons. The van der Waals surface area contributed by atoms with Crippen LogP contribution in [0.25, 0.3) is 0 Å². The van der Waals surface area contributed by atoms with Gasteiger partial charge in [-0.2, -0.15) is 0 Å². The fraction of sp³-hybridized carbons (Fsp3) is 0.643. The van der Waals surface area contributed by atoms with Gasteiger partial charge < -0.3 is 20.7 Å². The monoisotopic (exact) mass is 296 g/mol. The van der Waals surface area contributed by atoms with E-state index >= 15 is 0 Å². The molecule has 0 aliphatic carbocycles. The van der Waals surface area contributed by atoms with Crippen LogP contribution in [-0.2, 0) is 11.2 Å². The van der Waals surface area contributed by atoms with E-state index in [4.69, 9.17) is 5.11 Å². The van der Waals surface area contributed by atoms with Crippen LogP contribution >= 0.6 is 0 Å². The van der Waals surface area contributed by atoms with E-state index in [1.54, 1.807) is 6.20 Å². The van der Waals surface area contributed by atoms with Crippen molar-refractivity contribution in [2.75, 3.05) is 0 Å². The number of nitrogens with zero attached hydrogens (tertiary/aromatic N) is 1. The highest BCUT2D eigenvalue weighted by atomic mass is 16.4. The van der Waals surface area contributed by atoms with Gasteiger partial charge >= 0.3 is 12.0 Å². The molecule has 7 nitrogen and oxygen atoms in total. The fourth-order valence-electron chi connectivity index (χ4n) is 1.90. The molecule has 0 saturated heterocycles. The van der Waals surface area contributed by atoms with Crippen molar-refractivity contribution in [3.8, 4) is 0 Å². The molecule has 1 heterocycles. The third-order valence-electron chi connectivity index (χ3n) is 3.14. The van der Waals surface area contributed by atoms with E-state index in [1.807, 2.05) is 6.92 Å². The largest absolute Gasteiger partial charge is 0.480 e. The van der Waals surface area contributed by atoms with Gasteiger partial charge in [-0.3, -0.25) is 0 Å². The second-order valence-electron chi connectivity index (χ2n) is 5.66. The van der Waals surface area contributed by atoms with Crippen LogP contribution in [0.4, 0.5) is 4.79 Å². The number of hydrogen-bond acceptors (Lipinski definition) is 3. The number of aromatic amines is 1. The van der Waals surface area contributed by atoms with Crippen molar-refractivity contribution in [3.63, 3.8) is 0 Å². The second-order valence-corrected chi connectivity index (χ2v) is 5.66. The molecule has 2 atom stereocenters. The van der Waals surface area contributed by atoms with Crippen LogP contribution in [0.2, 0.25) is 0 Å². The quantitative estimate of drug-likeness (QED) is 0.583. The smallest absolute Gasteiger partial charge is 0.326 e. The normalized spacial score (nSPS) is 13.7. The Bertz CT molecular complexity index is 445. The number of imidazole rings is 1. The van der Waals surface area contributed by atoms with Gasteiger partial charge in [-0.25, -0.2) is 14.6 Å². The first kappa shape index (κ1) is 17.0. The summed E-state index contributed by atoms with van der Waals surface area (Å²) < 4.78 is 0. The predicted octanol–water partition coefficient (Wildman–Crippen LogP) is 1.53. The van der Waals surface area contributed by atoms with E-state index in [0.29, 0.717) is 11.6 Å². The minimum atomic E-state index is -1.07. The molecule has 21 heavy (non-hydrogen) atoms. The Morgan fingerprint density at radius 1 is 1.29 bits per heavy atom. The van der Waals surface area contributed by atoms with Gasteiger partial charge in [0.25, 0.3) is 0 Å². The molecule has 1 aromatic heterocycles. The number of carboxylic acid groups (broad SMARTS) is 1. The number of hydrogen-bond donors (Lipinski definition) is 4. The molecule has 7 heteroatoms. The van der Waals surface area contributed by atoms with Gasteiger partial charge in [0.05, 0.1) is 6.33 Å². The lowest BCUT2D eigenvalue weighted by atomic mass is 10.0. The molecule has 2 amide bonds. The highest BCUT2D eigenvalue weighted by molar-refractivity contribution is 5.82. The van der Waals surface area contributed by atoms with Crippen molar-refractivity contribution in [2.24, 2.45) is 5.92 Å². The highest BCUT2D eigenvalue weighted by Gasteiger charge is 2.21. The van der Waals surface area contributed by atoms with E-state index in [0.717, 1.165) is 12.8 Å². The Kier molecular flexibility index (Phi) is 6.71. The zero-order valence-corrected chi connectivity index (χ0v) is 12.7. The molecule has 4 N–H and O–H groups in total. The summed E-state index contributed by atoms with van der Waals surface area (Å²) in [4.78, 5) is 29.7. The molecule has 0 aliphatic rings. The number of urea groups is 1. The first-order chi connectivity index (χ1) is 9.88. The number of carbonyl (C=O) groups is 2. The van der Waals surface area contributed by atoms with Crippen LogP contribution in [0.15, 0.2) is 12.5 Å². The van der Waals surface area contributed by atoms with Gasteiger partial charge in [0, 0.05) is 24.4 Å². The molecule has 0 bridgehead atoms. The third-order valence-corrected chi connectivity index (χ3v) is 3.14. The van der Waals surface area contributed by atoms with Crippen molar-refractivity contribution in [2.45, 2.75) is 52.1 Å². The number of H-pyrrole nitrogens is 1. The summed E-state index contributed by atoms with van der Waals surface area (Å²) in [6.07, 6.45) is 5.06. The van der Waals surface area contributed by atoms with Crippen molar-refractivity contribution in [1.29, 1.82) is 0 Å². The molecular weight excluding hydrogens is 272 g/mol. The number of carbonyl (C=O) groups excluding carboxylic acids is 1. The second kappa shape index (κ2) is 8.28. The summed E-state index contributed by atoms with van der Waals surface area (Å²) in [5, 5.41) is 14.4. The molecule has 1 unspecified atom stereocenters. The van der Waals surface area contributed by atoms with Gasteiger partial charge in [-0.1, -0.05) is 13.8 Å². The molecule has 0 spiro atoms. The molecule has 1 rings (SSSR count). The maximum atomic E-state index is 11.8. The number of amides is 2. The Morgan fingerprint density at radius 3 is 2.52 bits per heavy atom. The number of rotatable bonds is 8. The Hall–Kier alpha value is -2.05. The SMILES string of the molecule is CC(C)CCC(C)NC(=O)N[C@@H](Cc1cnc[nH]1)C(=O)O. The minimum absolute atomic E-state index is 0.00833. The van der Waals surface area contributed by atoms with Gasteiger partial charge in [0.1, 0.15) is 6.04 Å². The van der Waals surface area contributed by atoms with Crippen LogP contribution in [0.1, 0.15) is 39.3 Å². The van der Waals surface area contributed by atoms with Crippen LogP contribution in [-0.4, -0.2) is 39.2 Å². The lowest BCUT2D eigenvalue weighted by Crippen LogP contribution is -2.49. The van der Waals surface area contributed by atoms with Crippen molar-refractivity contribution in [3.05, 3.63) is 18.2 Å². The standard InChI is InChI=1S/C14H24N4O3/c1-9(2)4-5-10(3)17-14(21)18-12(13(19)20)6-11-7-15-8-16-11/h7-10,12H,4-6H2,1-3H3,(H,15,16)(H,19,20)(H2,17,18,21)/t10?,12-/m0/s1. The van der Waals surface area contributed by atoms with Gasteiger partial charge in [-0.05, 0) is 25.7 Å². The van der Waals surface area contributed by atoms with E-state index in [2.05, 4.69) is 34.4 Å². The number of aromatic nitrogens is 2. The Balaban J connectivity index is 2.43. The maximum Gasteiger partial charge on any atom is 0.326 e. The first-order valence-corrected chi connectivity index (χ1v) is 7.15. The summed E-state index contributed by atoms with van der Waals surface area (Å²) in [7, 11) is 0. The van der Waals surface area contributed by atoms with Crippen LogP contribution in [0.5, 0.6) is 0 Å². The Morgan fingerprint density at radius 2 is 2.00 bits per heavy atom. The summed E-state index contributed by atoms with van der Waals surface area (Å²) in [6, 6.07) is -1.44. The van der Waals surface area contributed by atoms with Crippen LogP contribution < -0.4 is 10.6 Å². The van der Waals surface area contributed by atoms with Crippen LogP contribution in [0.3, 0.4) is 0 Å². The number of nitrogens with one attached hydrogen (secondary N) is 3.